The highest BCUT2D eigenvalue weighted by molar-refractivity contribution is 5.66. The molecule has 4 nitrogen and oxygen atoms in total. The van der Waals surface area contributed by atoms with Gasteiger partial charge >= 0.3 is 5.97 Å². The number of hydrogen-bond donors (Lipinski definition) is 1. The Kier molecular flexibility index (Phi) is 4.03. The lowest BCUT2D eigenvalue weighted by molar-refractivity contribution is -0.137. The normalized spacial score (nSPS) is 21.0. The van der Waals surface area contributed by atoms with Crippen molar-refractivity contribution in [2.45, 2.75) is 25.3 Å². The highest BCUT2D eigenvalue weighted by Crippen LogP contribution is 2.26. The van der Waals surface area contributed by atoms with Gasteiger partial charge in [0.05, 0.1) is 6.42 Å². The van der Waals surface area contributed by atoms with Crippen LogP contribution in [0.4, 0.5) is 0 Å². The molecule has 0 aromatic heterocycles. The van der Waals surface area contributed by atoms with Gasteiger partial charge in [0.15, 0.2) is 0 Å². The maximum atomic E-state index is 10.6. The average Bonchev–Trinajstić information content (AvgIpc) is 2.89. The molecule has 108 valence electrons. The van der Waals surface area contributed by atoms with Crippen LogP contribution in [0.3, 0.4) is 0 Å². The summed E-state index contributed by atoms with van der Waals surface area (Å²) in [5.74, 6) is -0.696. The molecule has 1 aliphatic carbocycles. The van der Waals surface area contributed by atoms with Crippen LogP contribution in [-0.4, -0.2) is 59.6 Å². The fraction of sp³-hybridized carbons (Fsp3) is 0.562. The first-order valence-corrected chi connectivity index (χ1v) is 7.47. The highest BCUT2D eigenvalue weighted by Gasteiger charge is 2.28. The molecule has 0 unspecified atom stereocenters. The van der Waals surface area contributed by atoms with Crippen molar-refractivity contribution >= 4 is 5.97 Å². The summed E-state index contributed by atoms with van der Waals surface area (Å²) in [6.07, 6.45) is 2.60. The van der Waals surface area contributed by atoms with Gasteiger partial charge in [-0.3, -0.25) is 9.69 Å². The van der Waals surface area contributed by atoms with Gasteiger partial charge in [0.1, 0.15) is 0 Å². The van der Waals surface area contributed by atoms with Crippen molar-refractivity contribution in [2.75, 3.05) is 32.7 Å². The number of piperazine rings is 1. The van der Waals surface area contributed by atoms with E-state index in [1.165, 1.54) is 24.0 Å². The maximum absolute atomic E-state index is 10.6. The highest BCUT2D eigenvalue weighted by atomic mass is 16.4. The van der Waals surface area contributed by atoms with Crippen molar-refractivity contribution < 1.29 is 9.90 Å². The van der Waals surface area contributed by atoms with E-state index in [0.29, 0.717) is 12.6 Å². The van der Waals surface area contributed by atoms with E-state index >= 15 is 0 Å². The molecule has 1 fully saturated rings. The molecule has 1 aromatic rings. The summed E-state index contributed by atoms with van der Waals surface area (Å²) in [6, 6.07) is 9.40. The number of carbonyl (C=O) groups is 1. The molecule has 1 aliphatic heterocycles. The third-order valence-electron chi connectivity index (χ3n) is 4.59. The molecule has 20 heavy (non-hydrogen) atoms. The summed E-state index contributed by atoms with van der Waals surface area (Å²) in [5, 5.41) is 8.73. The van der Waals surface area contributed by atoms with Crippen LogP contribution in [0, 0.1) is 0 Å². The molecule has 0 radical (unpaired) electrons. The van der Waals surface area contributed by atoms with Crippen LogP contribution in [0.25, 0.3) is 0 Å². The fourth-order valence-electron chi connectivity index (χ4n) is 3.40. The van der Waals surface area contributed by atoms with Crippen LogP contribution in [0.2, 0.25) is 0 Å². The van der Waals surface area contributed by atoms with Crippen LogP contribution in [0.15, 0.2) is 24.3 Å². The van der Waals surface area contributed by atoms with E-state index < -0.39 is 5.97 Å². The zero-order chi connectivity index (χ0) is 13.9. The third kappa shape index (κ3) is 3.02. The van der Waals surface area contributed by atoms with Crippen LogP contribution in [0.1, 0.15) is 17.5 Å². The van der Waals surface area contributed by atoms with Crippen molar-refractivity contribution in [1.82, 2.24) is 9.80 Å². The summed E-state index contributed by atoms with van der Waals surface area (Å²) in [5.41, 5.74) is 3.01. The Hall–Kier alpha value is -1.39. The number of hydrogen-bond acceptors (Lipinski definition) is 3. The van der Waals surface area contributed by atoms with E-state index in [-0.39, 0.29) is 6.42 Å². The minimum absolute atomic E-state index is 0.259. The predicted molar refractivity (Wildman–Crippen MR) is 77.9 cm³/mol. The van der Waals surface area contributed by atoms with Gasteiger partial charge in [0.2, 0.25) is 0 Å². The first kappa shape index (κ1) is 13.6. The molecular weight excluding hydrogens is 252 g/mol. The SMILES string of the molecule is O=C(O)CCN1CCN(C2Cc3ccccc3C2)CC1. The molecule has 1 heterocycles. The maximum Gasteiger partial charge on any atom is 0.304 e. The zero-order valence-electron chi connectivity index (χ0n) is 11.8. The molecule has 0 bridgehead atoms. The summed E-state index contributed by atoms with van der Waals surface area (Å²) in [6.45, 7) is 4.82. The minimum atomic E-state index is -0.696. The predicted octanol–water partition coefficient (Wildman–Crippen LogP) is 1.25. The molecule has 1 N–H and O–H groups in total. The van der Waals surface area contributed by atoms with E-state index in [2.05, 4.69) is 34.1 Å². The lowest BCUT2D eigenvalue weighted by atomic mass is 10.1. The Bertz CT molecular complexity index is 456. The second-order valence-electron chi connectivity index (χ2n) is 5.85. The number of carboxylic acid groups (broad SMARTS) is 1. The van der Waals surface area contributed by atoms with Crippen molar-refractivity contribution in [2.24, 2.45) is 0 Å². The molecule has 0 atom stereocenters. The minimum Gasteiger partial charge on any atom is -0.481 e. The van der Waals surface area contributed by atoms with Gasteiger partial charge < -0.3 is 10.0 Å². The van der Waals surface area contributed by atoms with E-state index in [1.54, 1.807) is 0 Å². The quantitative estimate of drug-likeness (QED) is 0.897. The lowest BCUT2D eigenvalue weighted by Crippen LogP contribution is -2.50. The van der Waals surface area contributed by atoms with Gasteiger partial charge in [-0.1, -0.05) is 24.3 Å². The van der Waals surface area contributed by atoms with Crippen molar-refractivity contribution in [3.8, 4) is 0 Å². The van der Waals surface area contributed by atoms with Crippen molar-refractivity contribution in [3.63, 3.8) is 0 Å². The molecule has 4 heteroatoms. The summed E-state index contributed by atoms with van der Waals surface area (Å²) in [7, 11) is 0. The first-order chi connectivity index (χ1) is 9.72. The first-order valence-electron chi connectivity index (χ1n) is 7.47. The second-order valence-corrected chi connectivity index (χ2v) is 5.85. The zero-order valence-corrected chi connectivity index (χ0v) is 11.8. The second kappa shape index (κ2) is 5.94. The monoisotopic (exact) mass is 274 g/mol. The Labute approximate surface area is 120 Å². The standard InChI is InChI=1S/C16H22N2O2/c19-16(20)5-6-17-7-9-18(10-8-17)15-11-13-3-1-2-4-14(13)12-15/h1-4,15H,5-12H2,(H,19,20). The largest absolute Gasteiger partial charge is 0.481 e. The summed E-state index contributed by atoms with van der Waals surface area (Å²) >= 11 is 0. The third-order valence-corrected chi connectivity index (χ3v) is 4.59. The Morgan fingerprint density at radius 1 is 1.10 bits per heavy atom. The summed E-state index contributed by atoms with van der Waals surface area (Å²) in [4.78, 5) is 15.5. The number of aliphatic carboxylic acids is 1. The lowest BCUT2D eigenvalue weighted by Gasteiger charge is -2.37. The molecular formula is C16H22N2O2. The van der Waals surface area contributed by atoms with Crippen LogP contribution in [-0.2, 0) is 17.6 Å². The van der Waals surface area contributed by atoms with E-state index in [0.717, 1.165) is 26.2 Å². The van der Waals surface area contributed by atoms with Crippen molar-refractivity contribution in [3.05, 3.63) is 35.4 Å². The van der Waals surface area contributed by atoms with Gasteiger partial charge in [-0.25, -0.2) is 0 Å². The fourth-order valence-corrected chi connectivity index (χ4v) is 3.40. The Morgan fingerprint density at radius 3 is 2.25 bits per heavy atom. The number of carboxylic acids is 1. The number of benzene rings is 1. The molecule has 0 spiro atoms. The van der Waals surface area contributed by atoms with Crippen LogP contribution in [0.5, 0.6) is 0 Å². The number of fused-ring (bicyclic) bond motifs is 1. The van der Waals surface area contributed by atoms with Gasteiger partial charge in [0.25, 0.3) is 0 Å². The number of nitrogens with zero attached hydrogens (tertiary/aromatic N) is 2. The van der Waals surface area contributed by atoms with Gasteiger partial charge in [-0.05, 0) is 24.0 Å². The van der Waals surface area contributed by atoms with Crippen LogP contribution >= 0.6 is 0 Å². The van der Waals surface area contributed by atoms with Crippen molar-refractivity contribution in [1.29, 1.82) is 0 Å². The average molecular weight is 274 g/mol. The van der Waals surface area contributed by atoms with Crippen LogP contribution < -0.4 is 0 Å². The molecule has 1 aromatic carbocycles. The molecule has 2 aliphatic rings. The van der Waals surface area contributed by atoms with E-state index in [4.69, 9.17) is 5.11 Å². The number of rotatable bonds is 4. The molecule has 1 saturated heterocycles. The Morgan fingerprint density at radius 2 is 1.70 bits per heavy atom. The Balaban J connectivity index is 1.49. The van der Waals surface area contributed by atoms with E-state index in [1.807, 2.05) is 0 Å². The van der Waals surface area contributed by atoms with E-state index in [9.17, 15) is 4.79 Å². The van der Waals surface area contributed by atoms with Gasteiger partial charge in [-0.2, -0.15) is 0 Å². The molecule has 0 amide bonds. The smallest absolute Gasteiger partial charge is 0.304 e. The van der Waals surface area contributed by atoms with Gasteiger partial charge in [0, 0.05) is 38.8 Å². The summed E-state index contributed by atoms with van der Waals surface area (Å²) < 4.78 is 0. The molecule has 3 rings (SSSR count). The molecule has 0 saturated carbocycles. The van der Waals surface area contributed by atoms with Gasteiger partial charge in [-0.15, -0.1) is 0 Å². The topological polar surface area (TPSA) is 43.8 Å².